The molecule has 1 heterocycles. The Kier molecular flexibility index (Phi) is 3.74. The van der Waals surface area contributed by atoms with E-state index in [1.807, 2.05) is 6.07 Å². The van der Waals surface area contributed by atoms with Crippen LogP contribution in [-0.2, 0) is 16.6 Å². The highest BCUT2D eigenvalue weighted by Gasteiger charge is 2.19. The summed E-state index contributed by atoms with van der Waals surface area (Å²) < 4.78 is 35.2. The predicted octanol–water partition coefficient (Wildman–Crippen LogP) is 0.136. The molecule has 0 aromatic heterocycles. The fourth-order valence-corrected chi connectivity index (χ4v) is 2.65. The first kappa shape index (κ1) is 13.1. The lowest BCUT2D eigenvalue weighted by atomic mass is 10.2. The first-order chi connectivity index (χ1) is 8.53. The molecule has 0 saturated carbocycles. The lowest BCUT2D eigenvalue weighted by Crippen LogP contribution is -2.31. The van der Waals surface area contributed by atoms with Crippen LogP contribution in [0.15, 0.2) is 18.2 Å². The molecule has 0 spiro atoms. The maximum absolute atomic E-state index is 11.8. The van der Waals surface area contributed by atoms with Crippen molar-refractivity contribution < 1.29 is 17.9 Å². The fraction of sp³-hybridized carbons (Fsp3) is 0.455. The Morgan fingerprint density at radius 2 is 2.06 bits per heavy atom. The van der Waals surface area contributed by atoms with Crippen LogP contribution < -0.4 is 15.2 Å². The highest BCUT2D eigenvalue weighted by atomic mass is 32.2. The maximum atomic E-state index is 11.8. The van der Waals surface area contributed by atoms with E-state index < -0.39 is 10.0 Å². The molecule has 0 bridgehead atoms. The van der Waals surface area contributed by atoms with E-state index in [4.69, 9.17) is 15.2 Å². The second kappa shape index (κ2) is 5.13. The van der Waals surface area contributed by atoms with Gasteiger partial charge in [-0.3, -0.25) is 0 Å². The molecule has 0 radical (unpaired) electrons. The number of nitrogens with two attached hydrogens (primary N) is 1. The van der Waals surface area contributed by atoms with Crippen LogP contribution in [-0.4, -0.2) is 38.9 Å². The zero-order valence-electron chi connectivity index (χ0n) is 10.1. The lowest BCUT2D eigenvalue weighted by Gasteiger charge is -2.16. The maximum Gasteiger partial charge on any atom is 0.231 e. The van der Waals surface area contributed by atoms with Crippen LogP contribution in [0.1, 0.15) is 5.56 Å². The molecular formula is C11H16N2O4S. The summed E-state index contributed by atoms with van der Waals surface area (Å²) in [5.41, 5.74) is 6.13. The van der Waals surface area contributed by atoms with Gasteiger partial charge in [0.15, 0.2) is 11.5 Å². The van der Waals surface area contributed by atoms with Crippen LogP contribution in [0.4, 0.5) is 0 Å². The summed E-state index contributed by atoms with van der Waals surface area (Å²) >= 11 is 0. The molecule has 0 amide bonds. The van der Waals surface area contributed by atoms with Crippen molar-refractivity contribution in [2.24, 2.45) is 5.73 Å². The van der Waals surface area contributed by atoms with Gasteiger partial charge in [-0.05, 0) is 17.7 Å². The van der Waals surface area contributed by atoms with Crippen molar-refractivity contribution in [2.75, 3.05) is 26.1 Å². The molecule has 0 unspecified atom stereocenters. The molecule has 6 nitrogen and oxygen atoms in total. The van der Waals surface area contributed by atoms with Crippen molar-refractivity contribution in [1.82, 2.24) is 4.31 Å². The van der Waals surface area contributed by atoms with Crippen molar-refractivity contribution in [3.05, 3.63) is 23.8 Å². The molecule has 1 aromatic rings. The van der Waals surface area contributed by atoms with E-state index in [0.29, 0.717) is 18.0 Å². The Morgan fingerprint density at radius 1 is 1.33 bits per heavy atom. The summed E-state index contributed by atoms with van der Waals surface area (Å²) in [5, 5.41) is 0. The smallest absolute Gasteiger partial charge is 0.231 e. The van der Waals surface area contributed by atoms with Gasteiger partial charge < -0.3 is 15.2 Å². The van der Waals surface area contributed by atoms with E-state index in [9.17, 15) is 8.42 Å². The Hall–Kier alpha value is -1.31. The van der Waals surface area contributed by atoms with E-state index in [-0.39, 0.29) is 19.1 Å². The second-order valence-electron chi connectivity index (χ2n) is 4.05. The van der Waals surface area contributed by atoms with Crippen LogP contribution in [0.3, 0.4) is 0 Å². The molecule has 0 fully saturated rings. The van der Waals surface area contributed by atoms with Gasteiger partial charge in [0, 0.05) is 20.1 Å². The molecule has 2 rings (SSSR count). The minimum atomic E-state index is -3.29. The average Bonchev–Trinajstić information content (AvgIpc) is 2.76. The molecule has 100 valence electrons. The minimum absolute atomic E-state index is 0.0476. The Labute approximate surface area is 106 Å². The van der Waals surface area contributed by atoms with Gasteiger partial charge in [-0.25, -0.2) is 12.7 Å². The monoisotopic (exact) mass is 272 g/mol. The van der Waals surface area contributed by atoms with Crippen molar-refractivity contribution in [2.45, 2.75) is 6.54 Å². The van der Waals surface area contributed by atoms with Crippen molar-refractivity contribution in [3.8, 4) is 11.5 Å². The van der Waals surface area contributed by atoms with Crippen LogP contribution in [0, 0.1) is 0 Å². The molecule has 0 saturated heterocycles. The molecule has 7 heteroatoms. The first-order valence-corrected chi connectivity index (χ1v) is 7.16. The van der Waals surface area contributed by atoms with Crippen molar-refractivity contribution in [1.29, 1.82) is 0 Å². The number of hydrogen-bond donors (Lipinski definition) is 1. The second-order valence-corrected chi connectivity index (χ2v) is 6.24. The van der Waals surface area contributed by atoms with Gasteiger partial charge in [0.1, 0.15) is 0 Å². The SMILES string of the molecule is CN(Cc1ccc2c(c1)OCO2)S(=O)(=O)CCN. The summed E-state index contributed by atoms with van der Waals surface area (Å²) in [6.07, 6.45) is 0. The van der Waals surface area contributed by atoms with Crippen LogP contribution in [0.25, 0.3) is 0 Å². The number of nitrogens with zero attached hydrogens (tertiary/aromatic N) is 1. The normalized spacial score (nSPS) is 14.2. The van der Waals surface area contributed by atoms with Crippen molar-refractivity contribution in [3.63, 3.8) is 0 Å². The van der Waals surface area contributed by atoms with Gasteiger partial charge >= 0.3 is 0 Å². The molecule has 1 aromatic carbocycles. The van der Waals surface area contributed by atoms with Crippen LogP contribution >= 0.6 is 0 Å². The molecule has 1 aliphatic heterocycles. The largest absolute Gasteiger partial charge is 0.454 e. The summed E-state index contributed by atoms with van der Waals surface area (Å²) in [7, 11) is -1.75. The van der Waals surface area contributed by atoms with Crippen LogP contribution in [0.2, 0.25) is 0 Å². The third-order valence-electron chi connectivity index (χ3n) is 2.69. The minimum Gasteiger partial charge on any atom is -0.454 e. The molecular weight excluding hydrogens is 256 g/mol. The first-order valence-electron chi connectivity index (χ1n) is 5.55. The van der Waals surface area contributed by atoms with Gasteiger partial charge in [-0.1, -0.05) is 6.07 Å². The highest BCUT2D eigenvalue weighted by Crippen LogP contribution is 2.32. The number of rotatable bonds is 5. The lowest BCUT2D eigenvalue weighted by molar-refractivity contribution is 0.174. The number of benzene rings is 1. The Bertz CT molecular complexity index is 530. The molecule has 18 heavy (non-hydrogen) atoms. The molecule has 2 N–H and O–H groups in total. The highest BCUT2D eigenvalue weighted by molar-refractivity contribution is 7.89. The van der Waals surface area contributed by atoms with E-state index >= 15 is 0 Å². The average molecular weight is 272 g/mol. The molecule has 1 aliphatic rings. The number of sulfonamides is 1. The standard InChI is InChI=1S/C11H16N2O4S/c1-13(18(14,15)5-4-12)7-9-2-3-10-11(6-9)17-8-16-10/h2-3,6H,4-5,7-8,12H2,1H3. The zero-order chi connectivity index (χ0) is 13.2. The summed E-state index contributed by atoms with van der Waals surface area (Å²) in [4.78, 5) is 0. The van der Waals surface area contributed by atoms with Gasteiger partial charge in [0.05, 0.1) is 5.75 Å². The quantitative estimate of drug-likeness (QED) is 0.824. The predicted molar refractivity (Wildman–Crippen MR) is 66.9 cm³/mol. The fourth-order valence-electron chi connectivity index (χ4n) is 1.70. The van der Waals surface area contributed by atoms with Gasteiger partial charge in [0.25, 0.3) is 0 Å². The number of fused-ring (bicyclic) bond motifs is 1. The van der Waals surface area contributed by atoms with Gasteiger partial charge in [-0.2, -0.15) is 0 Å². The van der Waals surface area contributed by atoms with E-state index in [0.717, 1.165) is 5.56 Å². The topological polar surface area (TPSA) is 81.9 Å². The van der Waals surface area contributed by atoms with E-state index in [2.05, 4.69) is 0 Å². The van der Waals surface area contributed by atoms with E-state index in [1.165, 1.54) is 11.4 Å². The third-order valence-corrected chi connectivity index (χ3v) is 4.52. The number of ether oxygens (including phenoxy) is 2. The summed E-state index contributed by atoms with van der Waals surface area (Å²) in [6, 6.07) is 5.39. The zero-order valence-corrected chi connectivity index (χ0v) is 10.9. The van der Waals surface area contributed by atoms with Gasteiger partial charge in [0.2, 0.25) is 16.8 Å². The Morgan fingerprint density at radius 3 is 2.78 bits per heavy atom. The van der Waals surface area contributed by atoms with Gasteiger partial charge in [-0.15, -0.1) is 0 Å². The summed E-state index contributed by atoms with van der Waals surface area (Å²) in [5.74, 6) is 1.29. The Balaban J connectivity index is 2.10. The third kappa shape index (κ3) is 2.74. The molecule has 0 aliphatic carbocycles. The summed E-state index contributed by atoms with van der Waals surface area (Å²) in [6.45, 7) is 0.618. The van der Waals surface area contributed by atoms with Crippen molar-refractivity contribution >= 4 is 10.0 Å². The molecule has 0 atom stereocenters. The number of hydrogen-bond acceptors (Lipinski definition) is 5. The van der Waals surface area contributed by atoms with Crippen LogP contribution in [0.5, 0.6) is 11.5 Å². The van der Waals surface area contributed by atoms with E-state index in [1.54, 1.807) is 12.1 Å².